The number of anilines is 5. The number of hydrogen-bond acceptors (Lipinski definition) is 12. The minimum atomic E-state index is -0.286. The van der Waals surface area contributed by atoms with Gasteiger partial charge in [0, 0.05) is 54.1 Å². The van der Waals surface area contributed by atoms with E-state index in [4.69, 9.17) is 27.0 Å². The van der Waals surface area contributed by atoms with Crippen molar-refractivity contribution >= 4 is 74.7 Å². The van der Waals surface area contributed by atoms with Gasteiger partial charge in [-0.25, -0.2) is 25.4 Å². The summed E-state index contributed by atoms with van der Waals surface area (Å²) in [6.07, 6.45) is 11.9. The predicted octanol–water partition coefficient (Wildman–Crippen LogP) is 6.69. The lowest BCUT2D eigenvalue weighted by atomic mass is 10.1. The molecule has 0 aliphatic heterocycles. The van der Waals surface area contributed by atoms with Crippen LogP contribution in [0.3, 0.4) is 0 Å². The normalized spacial score (nSPS) is 10.6. The zero-order valence-electron chi connectivity index (χ0n) is 37.2. The molecule has 20 nitrogen and oxygen atoms in total. The van der Waals surface area contributed by atoms with Crippen molar-refractivity contribution in [3.05, 3.63) is 180 Å². The lowest BCUT2D eigenvalue weighted by Crippen LogP contribution is -2.27. The van der Waals surface area contributed by atoms with Crippen LogP contribution in [0.15, 0.2) is 151 Å². The molecule has 0 aliphatic carbocycles. The first-order valence-corrected chi connectivity index (χ1v) is 20.5. The summed E-state index contributed by atoms with van der Waals surface area (Å²) < 4.78 is 5.18. The van der Waals surface area contributed by atoms with Gasteiger partial charge < -0.3 is 32.5 Å². The van der Waals surface area contributed by atoms with Crippen molar-refractivity contribution in [2.45, 2.75) is 20.8 Å². The molecule has 6 heterocycles. The third-order valence-electron chi connectivity index (χ3n) is 9.98. The van der Waals surface area contributed by atoms with Crippen LogP contribution in [0, 0.1) is 32.2 Å². The smallest absolute Gasteiger partial charge is 0.274 e. The van der Waals surface area contributed by atoms with E-state index in [1.165, 1.54) is 12.4 Å². The van der Waals surface area contributed by atoms with Crippen molar-refractivity contribution in [2.24, 2.45) is 10.7 Å². The summed E-state index contributed by atoms with van der Waals surface area (Å²) in [5.74, 6) is -0.891. The molecule has 11 N–H and O–H groups in total. The van der Waals surface area contributed by atoms with Crippen molar-refractivity contribution in [1.29, 1.82) is 5.26 Å². The molecule has 0 spiro atoms. The number of aliphatic imine (C=N–C) groups is 1. The molecular formula is C48H47N15O5. The Labute approximate surface area is 389 Å². The first kappa shape index (κ1) is 47.9. The van der Waals surface area contributed by atoms with Crippen molar-refractivity contribution in [3.63, 3.8) is 0 Å². The maximum Gasteiger partial charge on any atom is 0.274 e. The number of carbonyl (C=O) groups excluding carboxylic acids is 3. The highest BCUT2D eigenvalue weighted by Crippen LogP contribution is 2.24. The Morgan fingerprint density at radius 1 is 0.603 bits per heavy atom. The highest BCUT2D eigenvalue weighted by Gasteiger charge is 2.16. The van der Waals surface area contributed by atoms with Crippen LogP contribution in [-0.4, -0.2) is 69.3 Å². The fourth-order valence-electron chi connectivity index (χ4n) is 6.51. The number of aliphatic hydroxyl groups is 1. The van der Waals surface area contributed by atoms with E-state index in [-0.39, 0.29) is 23.7 Å². The summed E-state index contributed by atoms with van der Waals surface area (Å²) in [5, 5.41) is 35.5. The average Bonchev–Trinajstić information content (AvgIpc) is 4.11. The first-order chi connectivity index (χ1) is 32.9. The van der Waals surface area contributed by atoms with Gasteiger partial charge in [-0.05, 0) is 110 Å². The molecule has 0 saturated carbocycles. The second kappa shape index (κ2) is 22.4. The number of hydrogen-bond donors (Lipinski definition) is 9. The van der Waals surface area contributed by atoms with Crippen molar-refractivity contribution in [1.82, 2.24) is 33.6 Å². The molecule has 0 unspecified atom stereocenters. The predicted molar refractivity (Wildman–Crippen MR) is 261 cm³/mol. The number of amides is 3. The number of nitrogen functional groups attached to an aromatic ring is 1. The van der Waals surface area contributed by atoms with Crippen molar-refractivity contribution in [2.75, 3.05) is 34.1 Å². The topological polar surface area (TPSA) is 292 Å². The molecule has 344 valence electrons. The lowest BCUT2D eigenvalue weighted by molar-refractivity contribution is 0.101. The van der Waals surface area contributed by atoms with E-state index in [0.717, 1.165) is 29.4 Å². The van der Waals surface area contributed by atoms with Gasteiger partial charge in [0.15, 0.2) is 6.19 Å². The standard InChI is InChI=1S/C16H16N6O2.C16H13N5O.C15H14N4O.CH4O/c1-10-5-6-11(19-16(17)21-24)8-12(10)20-15(23)13-9-18-14-4-2-3-7-22(13)14;1-11-5-6-12(19-10-17)8-13(11)20-16(22)14-9-18-15-4-2-3-7-21(14)15;1-10-5-6-11(16)8-12(10)18-15(20)13-9-17-14-4-2-3-7-19(13)14;1-2/h2-9,24H,1H3,(H,20,23)(H3,17,19,21);2-9,19H,1H3,(H,20,22);2-9H,16H2,1H3,(H,18,20);2H,1H3. The minimum absolute atomic E-state index is 0.141. The summed E-state index contributed by atoms with van der Waals surface area (Å²) in [6.45, 7) is 5.68. The van der Waals surface area contributed by atoms with Gasteiger partial charge in [-0.3, -0.25) is 38.1 Å². The average molecular weight is 914 g/mol. The number of pyridine rings is 3. The van der Waals surface area contributed by atoms with Crippen LogP contribution >= 0.6 is 0 Å². The van der Waals surface area contributed by atoms with E-state index in [1.807, 2.05) is 99.9 Å². The minimum Gasteiger partial charge on any atom is -0.400 e. The maximum absolute atomic E-state index is 12.5. The van der Waals surface area contributed by atoms with Gasteiger partial charge in [0.1, 0.15) is 34.0 Å². The second-order valence-electron chi connectivity index (χ2n) is 14.5. The molecule has 0 atom stereocenters. The molecule has 0 fully saturated rings. The van der Waals surface area contributed by atoms with E-state index in [0.29, 0.717) is 62.5 Å². The van der Waals surface area contributed by atoms with Crippen molar-refractivity contribution in [3.8, 4) is 6.19 Å². The fourth-order valence-corrected chi connectivity index (χ4v) is 6.51. The van der Waals surface area contributed by atoms with Gasteiger partial charge in [-0.15, -0.1) is 0 Å². The number of nitrogens with two attached hydrogens (primary N) is 2. The van der Waals surface area contributed by atoms with Gasteiger partial charge in [-0.2, -0.15) is 5.26 Å². The van der Waals surface area contributed by atoms with E-state index < -0.39 is 0 Å². The molecule has 9 aromatic rings. The lowest BCUT2D eigenvalue weighted by Gasteiger charge is -2.09. The van der Waals surface area contributed by atoms with E-state index in [9.17, 15) is 14.4 Å². The monoisotopic (exact) mass is 913 g/mol. The Hall–Kier alpha value is -9.58. The van der Waals surface area contributed by atoms with E-state index in [1.54, 1.807) is 79.7 Å². The third-order valence-corrected chi connectivity index (χ3v) is 9.98. The number of hydroxylamine groups is 1. The van der Waals surface area contributed by atoms with Crippen LogP contribution in [0.5, 0.6) is 0 Å². The zero-order chi connectivity index (χ0) is 48.7. The molecule has 3 aromatic carbocycles. The largest absolute Gasteiger partial charge is 0.400 e. The van der Waals surface area contributed by atoms with Crippen LogP contribution in [-0.2, 0) is 0 Å². The SMILES string of the molecule is CO.Cc1ccc(N)cc1NC(=O)c1cnc2ccccn12.Cc1ccc(N=C(N)NO)cc1NC(=O)c1cnc2ccccn12.Cc1ccc(NC#N)cc1NC(=O)c1cnc2ccccn12. The van der Waals surface area contributed by atoms with Crippen LogP contribution in [0.25, 0.3) is 16.9 Å². The molecule has 3 amide bonds. The number of carbonyl (C=O) groups is 3. The summed E-state index contributed by atoms with van der Waals surface area (Å²) in [5.41, 5.74) is 22.9. The molecule has 20 heteroatoms. The Morgan fingerprint density at radius 2 is 1.01 bits per heavy atom. The first-order valence-electron chi connectivity index (χ1n) is 20.5. The summed E-state index contributed by atoms with van der Waals surface area (Å²) in [7, 11) is 1.00. The number of benzene rings is 3. The third kappa shape index (κ3) is 11.6. The number of aryl methyl sites for hydroxylation is 3. The summed E-state index contributed by atoms with van der Waals surface area (Å²) in [6, 6.07) is 32.6. The maximum atomic E-state index is 12.5. The number of fused-ring (bicyclic) bond motifs is 3. The summed E-state index contributed by atoms with van der Waals surface area (Å²) >= 11 is 0. The fraction of sp³-hybridized carbons (Fsp3) is 0.0833. The molecular weight excluding hydrogens is 867 g/mol. The highest BCUT2D eigenvalue weighted by atomic mass is 16.5. The molecule has 0 aliphatic rings. The van der Waals surface area contributed by atoms with Gasteiger partial charge >= 0.3 is 0 Å². The molecule has 0 bridgehead atoms. The second-order valence-corrected chi connectivity index (χ2v) is 14.5. The quantitative estimate of drug-likeness (QED) is 0.0192. The molecule has 6 aromatic heterocycles. The van der Waals surface area contributed by atoms with E-state index in [2.05, 4.69) is 41.2 Å². The summed E-state index contributed by atoms with van der Waals surface area (Å²) in [4.78, 5) is 53.9. The zero-order valence-corrected chi connectivity index (χ0v) is 37.2. The molecule has 0 radical (unpaired) electrons. The number of nitrogens with one attached hydrogen (secondary N) is 5. The number of imidazole rings is 3. The van der Waals surface area contributed by atoms with E-state index >= 15 is 0 Å². The van der Waals surface area contributed by atoms with Gasteiger partial charge in [0.2, 0.25) is 5.96 Å². The number of nitriles is 1. The highest BCUT2D eigenvalue weighted by molar-refractivity contribution is 6.05. The van der Waals surface area contributed by atoms with Crippen LogP contribution < -0.4 is 38.2 Å². The van der Waals surface area contributed by atoms with Gasteiger partial charge in [0.25, 0.3) is 17.7 Å². The Balaban J connectivity index is 0.000000165. The number of nitrogens with zero attached hydrogens (tertiary/aromatic N) is 8. The molecule has 68 heavy (non-hydrogen) atoms. The Morgan fingerprint density at radius 3 is 1.46 bits per heavy atom. The van der Waals surface area contributed by atoms with Crippen molar-refractivity contribution < 1.29 is 24.7 Å². The Kier molecular flexibility index (Phi) is 15.7. The Bertz CT molecular complexity index is 3310. The van der Waals surface area contributed by atoms with Crippen LogP contribution in [0.4, 0.5) is 34.1 Å². The van der Waals surface area contributed by atoms with Crippen LogP contribution in [0.1, 0.15) is 48.2 Å². The molecule has 9 rings (SSSR count). The van der Waals surface area contributed by atoms with Gasteiger partial charge in [-0.1, -0.05) is 36.4 Å². The number of rotatable bonds is 8. The number of aliphatic hydroxyl groups excluding tert-OH is 1. The number of guanidine groups is 1. The molecule has 0 saturated heterocycles. The number of aromatic nitrogens is 6. The van der Waals surface area contributed by atoms with Gasteiger partial charge in [0.05, 0.1) is 24.3 Å². The van der Waals surface area contributed by atoms with Crippen LogP contribution in [0.2, 0.25) is 0 Å².